The van der Waals surface area contributed by atoms with Crippen LogP contribution in [-0.2, 0) is 25.4 Å². The molecular weight excluding hydrogens is 276 g/mol. The van der Waals surface area contributed by atoms with E-state index in [1.54, 1.807) is 0 Å². The fraction of sp³-hybridized carbons (Fsp3) is 0.588. The molecule has 5 heteroatoms. The van der Waals surface area contributed by atoms with Crippen LogP contribution in [0.1, 0.15) is 35.2 Å². The van der Waals surface area contributed by atoms with Gasteiger partial charge in [0.2, 0.25) is 0 Å². The van der Waals surface area contributed by atoms with Crippen molar-refractivity contribution in [2.45, 2.75) is 32.9 Å². The van der Waals surface area contributed by atoms with E-state index in [9.17, 15) is 0 Å². The summed E-state index contributed by atoms with van der Waals surface area (Å²) in [6, 6.07) is 4.24. The fourth-order valence-electron chi connectivity index (χ4n) is 3.43. The van der Waals surface area contributed by atoms with Crippen LogP contribution in [0.15, 0.2) is 18.3 Å². The first-order valence-corrected chi connectivity index (χ1v) is 8.00. The number of hydrogen-bond donors (Lipinski definition) is 1. The standard InChI is InChI=1S/C17H26N4O/c1-12-16(13(2)21(4)19-12)17-14(7-9-22-17)10-18-11-15-6-5-8-20(15)3/h5-6,8,14,17-18H,7,9-11H2,1-4H3/t14-,17+/m1/s1. The monoisotopic (exact) mass is 302 g/mol. The van der Waals surface area contributed by atoms with Gasteiger partial charge < -0.3 is 14.6 Å². The van der Waals surface area contributed by atoms with Crippen LogP contribution in [0.5, 0.6) is 0 Å². The molecule has 2 aromatic heterocycles. The number of ether oxygens (including phenoxy) is 1. The highest BCUT2D eigenvalue weighted by molar-refractivity contribution is 5.28. The van der Waals surface area contributed by atoms with E-state index >= 15 is 0 Å². The van der Waals surface area contributed by atoms with Crippen molar-refractivity contribution in [1.29, 1.82) is 0 Å². The Morgan fingerprint density at radius 1 is 1.36 bits per heavy atom. The molecule has 1 saturated heterocycles. The zero-order chi connectivity index (χ0) is 15.7. The summed E-state index contributed by atoms with van der Waals surface area (Å²) in [4.78, 5) is 0. The molecule has 0 amide bonds. The zero-order valence-corrected chi connectivity index (χ0v) is 14.0. The van der Waals surface area contributed by atoms with Gasteiger partial charge in [0, 0.05) is 62.9 Å². The molecular formula is C17H26N4O. The number of nitrogens with one attached hydrogen (secondary N) is 1. The van der Waals surface area contributed by atoms with Crippen LogP contribution in [0.25, 0.3) is 0 Å². The lowest BCUT2D eigenvalue weighted by Gasteiger charge is -2.20. The molecule has 120 valence electrons. The Kier molecular flexibility index (Phi) is 4.36. The highest BCUT2D eigenvalue weighted by Gasteiger charge is 2.33. The van der Waals surface area contributed by atoms with E-state index in [0.29, 0.717) is 5.92 Å². The minimum atomic E-state index is 0.176. The minimum Gasteiger partial charge on any atom is -0.373 e. The SMILES string of the molecule is Cc1nn(C)c(C)c1[C@H]1OCC[C@@H]1CNCc1cccn1C. The summed E-state index contributed by atoms with van der Waals surface area (Å²) in [6.45, 7) is 6.93. The van der Waals surface area contributed by atoms with E-state index in [-0.39, 0.29) is 6.10 Å². The van der Waals surface area contributed by atoms with Crippen molar-refractivity contribution in [1.82, 2.24) is 19.7 Å². The number of hydrogen-bond acceptors (Lipinski definition) is 3. The highest BCUT2D eigenvalue weighted by Crippen LogP contribution is 2.37. The number of nitrogens with zero attached hydrogens (tertiary/aromatic N) is 3. The molecule has 0 spiro atoms. The predicted molar refractivity (Wildman–Crippen MR) is 86.6 cm³/mol. The molecule has 22 heavy (non-hydrogen) atoms. The van der Waals surface area contributed by atoms with Gasteiger partial charge in [0.1, 0.15) is 0 Å². The van der Waals surface area contributed by atoms with Crippen LogP contribution in [0.3, 0.4) is 0 Å². The van der Waals surface area contributed by atoms with Gasteiger partial charge in [-0.1, -0.05) is 0 Å². The fourth-order valence-corrected chi connectivity index (χ4v) is 3.43. The predicted octanol–water partition coefficient (Wildman–Crippen LogP) is 2.24. The second-order valence-electron chi connectivity index (χ2n) is 6.29. The Labute approximate surface area is 132 Å². The molecule has 3 rings (SSSR count). The Bertz CT molecular complexity index is 643. The Morgan fingerprint density at radius 2 is 2.18 bits per heavy atom. The van der Waals surface area contributed by atoms with Crippen molar-refractivity contribution in [2.24, 2.45) is 20.0 Å². The lowest BCUT2D eigenvalue weighted by molar-refractivity contribution is 0.0893. The van der Waals surface area contributed by atoms with Crippen LogP contribution < -0.4 is 5.32 Å². The van der Waals surface area contributed by atoms with E-state index < -0.39 is 0 Å². The van der Waals surface area contributed by atoms with Gasteiger partial charge in [0.05, 0.1) is 11.8 Å². The lowest BCUT2D eigenvalue weighted by Crippen LogP contribution is -2.25. The maximum atomic E-state index is 6.04. The summed E-state index contributed by atoms with van der Waals surface area (Å²) in [7, 11) is 4.09. The number of rotatable bonds is 5. The molecule has 0 aliphatic carbocycles. The molecule has 2 atom stereocenters. The van der Waals surface area contributed by atoms with Gasteiger partial charge in [-0.05, 0) is 32.4 Å². The topological polar surface area (TPSA) is 44.0 Å². The van der Waals surface area contributed by atoms with Gasteiger partial charge in [0.25, 0.3) is 0 Å². The van der Waals surface area contributed by atoms with Crippen molar-refractivity contribution in [3.05, 3.63) is 41.0 Å². The normalized spacial score (nSPS) is 21.6. The molecule has 1 aliphatic heterocycles. The average molecular weight is 302 g/mol. The van der Waals surface area contributed by atoms with Crippen molar-refractivity contribution in [2.75, 3.05) is 13.2 Å². The summed E-state index contributed by atoms with van der Waals surface area (Å²) >= 11 is 0. The summed E-state index contributed by atoms with van der Waals surface area (Å²) < 4.78 is 10.2. The van der Waals surface area contributed by atoms with Gasteiger partial charge in [-0.3, -0.25) is 4.68 Å². The third-order valence-corrected chi connectivity index (χ3v) is 4.83. The average Bonchev–Trinajstić information content (AvgIpc) is 3.14. The van der Waals surface area contributed by atoms with Crippen molar-refractivity contribution >= 4 is 0 Å². The molecule has 0 radical (unpaired) electrons. The van der Waals surface area contributed by atoms with E-state index in [2.05, 4.69) is 54.2 Å². The maximum absolute atomic E-state index is 6.04. The minimum absolute atomic E-state index is 0.176. The van der Waals surface area contributed by atoms with Crippen LogP contribution in [-0.4, -0.2) is 27.5 Å². The number of aromatic nitrogens is 3. The first kappa shape index (κ1) is 15.3. The van der Waals surface area contributed by atoms with Gasteiger partial charge in [0.15, 0.2) is 0 Å². The van der Waals surface area contributed by atoms with Gasteiger partial charge in [-0.15, -0.1) is 0 Å². The van der Waals surface area contributed by atoms with E-state index in [1.807, 2.05) is 11.7 Å². The van der Waals surface area contributed by atoms with Gasteiger partial charge in [-0.2, -0.15) is 5.10 Å². The zero-order valence-electron chi connectivity index (χ0n) is 14.0. The van der Waals surface area contributed by atoms with Crippen LogP contribution in [0, 0.1) is 19.8 Å². The summed E-state index contributed by atoms with van der Waals surface area (Å²) in [6.07, 6.45) is 3.37. The quantitative estimate of drug-likeness (QED) is 0.921. The molecule has 5 nitrogen and oxygen atoms in total. The molecule has 0 saturated carbocycles. The molecule has 0 bridgehead atoms. The summed E-state index contributed by atoms with van der Waals surface area (Å²) in [5.41, 5.74) is 4.91. The maximum Gasteiger partial charge on any atom is 0.0901 e. The Balaban J connectivity index is 1.65. The van der Waals surface area contributed by atoms with Gasteiger partial charge >= 0.3 is 0 Å². The molecule has 0 unspecified atom stereocenters. The Hall–Kier alpha value is -1.59. The molecule has 0 aromatic carbocycles. The molecule has 3 heterocycles. The largest absolute Gasteiger partial charge is 0.373 e. The third-order valence-electron chi connectivity index (χ3n) is 4.83. The molecule has 2 aromatic rings. The second kappa shape index (κ2) is 6.26. The summed E-state index contributed by atoms with van der Waals surface area (Å²) in [5, 5.41) is 8.12. The molecule has 1 N–H and O–H groups in total. The van der Waals surface area contributed by atoms with Crippen LogP contribution >= 0.6 is 0 Å². The number of aryl methyl sites for hydroxylation is 3. The summed E-state index contributed by atoms with van der Waals surface area (Å²) in [5.74, 6) is 0.516. The molecule has 1 fully saturated rings. The smallest absolute Gasteiger partial charge is 0.0901 e. The van der Waals surface area contributed by atoms with Crippen LogP contribution in [0.2, 0.25) is 0 Å². The van der Waals surface area contributed by atoms with E-state index in [0.717, 1.165) is 31.8 Å². The van der Waals surface area contributed by atoms with Crippen molar-refractivity contribution in [3.8, 4) is 0 Å². The van der Waals surface area contributed by atoms with Crippen molar-refractivity contribution in [3.63, 3.8) is 0 Å². The second-order valence-corrected chi connectivity index (χ2v) is 6.29. The first-order chi connectivity index (χ1) is 10.6. The van der Waals surface area contributed by atoms with E-state index in [1.165, 1.54) is 17.0 Å². The first-order valence-electron chi connectivity index (χ1n) is 8.00. The highest BCUT2D eigenvalue weighted by atomic mass is 16.5. The van der Waals surface area contributed by atoms with Crippen LogP contribution in [0.4, 0.5) is 0 Å². The van der Waals surface area contributed by atoms with Gasteiger partial charge in [-0.25, -0.2) is 0 Å². The lowest BCUT2D eigenvalue weighted by atomic mass is 9.94. The van der Waals surface area contributed by atoms with E-state index in [4.69, 9.17) is 4.74 Å². The Morgan fingerprint density at radius 3 is 2.82 bits per heavy atom. The van der Waals surface area contributed by atoms with Crippen molar-refractivity contribution < 1.29 is 4.74 Å². The third kappa shape index (κ3) is 2.83. The molecule has 1 aliphatic rings.